The Morgan fingerprint density at radius 3 is 2.59 bits per heavy atom. The lowest BCUT2D eigenvalue weighted by Crippen LogP contribution is -2.12. The topological polar surface area (TPSA) is 86.5 Å². The van der Waals surface area contributed by atoms with Crippen molar-refractivity contribution in [2.45, 2.75) is 13.8 Å². The molecule has 0 unspecified atom stereocenters. The number of anilines is 1. The number of H-pyrrole nitrogens is 2. The predicted molar refractivity (Wildman–Crippen MR) is 115 cm³/mol. The van der Waals surface area contributed by atoms with Crippen molar-refractivity contribution in [1.29, 1.82) is 0 Å². The normalized spacial score (nSPS) is 11.2. The number of aromatic amines is 2. The largest absolute Gasteiger partial charge is 0.337 e. The van der Waals surface area contributed by atoms with E-state index in [4.69, 9.17) is 0 Å². The molecule has 142 valence electrons. The van der Waals surface area contributed by atoms with Gasteiger partial charge in [0.2, 0.25) is 0 Å². The van der Waals surface area contributed by atoms with E-state index in [1.165, 1.54) is 11.1 Å². The van der Waals surface area contributed by atoms with Crippen molar-refractivity contribution < 1.29 is 4.79 Å². The highest BCUT2D eigenvalue weighted by Gasteiger charge is 2.13. The Bertz CT molecular complexity index is 1340. The molecule has 0 saturated carbocycles. The van der Waals surface area contributed by atoms with Crippen molar-refractivity contribution in [2.75, 3.05) is 5.32 Å². The van der Waals surface area contributed by atoms with Crippen molar-refractivity contribution in [3.63, 3.8) is 0 Å². The van der Waals surface area contributed by atoms with E-state index < -0.39 is 0 Å². The van der Waals surface area contributed by atoms with E-state index in [1.807, 2.05) is 42.5 Å². The number of nitrogens with zero attached hydrogens (tertiary/aromatic N) is 2. The summed E-state index contributed by atoms with van der Waals surface area (Å²) in [5, 5.41) is 12.1. The van der Waals surface area contributed by atoms with Gasteiger partial charge in [-0.3, -0.25) is 9.89 Å². The van der Waals surface area contributed by atoms with Crippen LogP contribution in [0, 0.1) is 13.8 Å². The minimum atomic E-state index is -0.204. The van der Waals surface area contributed by atoms with Gasteiger partial charge in [0.25, 0.3) is 5.91 Å². The van der Waals surface area contributed by atoms with Gasteiger partial charge in [-0.05, 0) is 60.0 Å². The van der Waals surface area contributed by atoms with Crippen LogP contribution in [0.15, 0.2) is 60.7 Å². The van der Waals surface area contributed by atoms with Gasteiger partial charge < -0.3 is 10.3 Å². The third-order valence-corrected chi connectivity index (χ3v) is 5.18. The summed E-state index contributed by atoms with van der Waals surface area (Å²) >= 11 is 0. The second-order valence-electron chi connectivity index (χ2n) is 7.22. The average Bonchev–Trinajstić information content (AvgIpc) is 3.34. The maximum absolute atomic E-state index is 12.6. The number of carbonyl (C=O) groups excluding carboxylic acids is 1. The van der Waals surface area contributed by atoms with E-state index in [0.717, 1.165) is 21.8 Å². The van der Waals surface area contributed by atoms with Gasteiger partial charge in [0.1, 0.15) is 5.69 Å². The summed E-state index contributed by atoms with van der Waals surface area (Å²) in [6, 6.07) is 19.5. The molecule has 0 bridgehead atoms. The van der Waals surface area contributed by atoms with Crippen molar-refractivity contribution in [3.8, 4) is 11.5 Å². The van der Waals surface area contributed by atoms with Crippen LogP contribution in [0.5, 0.6) is 0 Å². The van der Waals surface area contributed by atoms with Gasteiger partial charge in [-0.1, -0.05) is 30.3 Å². The van der Waals surface area contributed by atoms with Crippen LogP contribution in [0.2, 0.25) is 0 Å². The molecule has 0 radical (unpaired) electrons. The highest BCUT2D eigenvalue weighted by Crippen LogP contribution is 2.23. The quantitative estimate of drug-likeness (QED) is 0.412. The van der Waals surface area contributed by atoms with Gasteiger partial charge in [0.15, 0.2) is 11.6 Å². The summed E-state index contributed by atoms with van der Waals surface area (Å²) in [4.78, 5) is 20.6. The number of benzene rings is 3. The first-order chi connectivity index (χ1) is 14.1. The Kier molecular flexibility index (Phi) is 3.91. The zero-order valence-electron chi connectivity index (χ0n) is 16.1. The maximum atomic E-state index is 12.6. The van der Waals surface area contributed by atoms with E-state index >= 15 is 0 Å². The Hall–Kier alpha value is -3.93. The van der Waals surface area contributed by atoms with Crippen molar-refractivity contribution >= 4 is 33.5 Å². The molecule has 2 heterocycles. The number of aryl methyl sites for hydroxylation is 2. The van der Waals surface area contributed by atoms with Gasteiger partial charge >= 0.3 is 0 Å². The predicted octanol–water partition coefficient (Wildman–Crippen LogP) is 4.98. The molecule has 0 atom stereocenters. The molecule has 5 aromatic rings. The van der Waals surface area contributed by atoms with Crippen LogP contribution in [-0.4, -0.2) is 26.1 Å². The molecule has 3 aromatic carbocycles. The summed E-state index contributed by atoms with van der Waals surface area (Å²) < 4.78 is 0. The molecule has 0 aliphatic rings. The molecule has 2 aromatic heterocycles. The average molecular weight is 381 g/mol. The van der Waals surface area contributed by atoms with E-state index in [9.17, 15) is 4.79 Å². The fraction of sp³-hybridized carbons (Fsp3) is 0.0870. The number of imidazole rings is 1. The first-order valence-electron chi connectivity index (χ1n) is 9.40. The number of amides is 1. The summed E-state index contributed by atoms with van der Waals surface area (Å²) in [6.07, 6.45) is 0. The first-order valence-corrected chi connectivity index (χ1v) is 9.40. The Balaban J connectivity index is 1.40. The lowest BCUT2D eigenvalue weighted by atomic mass is 10.1. The van der Waals surface area contributed by atoms with Crippen LogP contribution >= 0.6 is 0 Å². The van der Waals surface area contributed by atoms with Gasteiger partial charge in [0, 0.05) is 11.6 Å². The number of aromatic nitrogens is 4. The lowest BCUT2D eigenvalue weighted by molar-refractivity contribution is 0.102. The molecule has 5 rings (SSSR count). The smallest absolute Gasteiger partial charge is 0.256 e. The minimum absolute atomic E-state index is 0.204. The molecule has 1 amide bonds. The summed E-state index contributed by atoms with van der Waals surface area (Å²) in [6.45, 7) is 4.14. The van der Waals surface area contributed by atoms with E-state index in [-0.39, 0.29) is 5.91 Å². The summed E-state index contributed by atoms with van der Waals surface area (Å²) in [5.74, 6) is 0.930. The third-order valence-electron chi connectivity index (χ3n) is 5.18. The second-order valence-corrected chi connectivity index (χ2v) is 7.22. The number of hydrogen-bond acceptors (Lipinski definition) is 3. The molecule has 6 nitrogen and oxygen atoms in total. The number of carbonyl (C=O) groups is 1. The summed E-state index contributed by atoms with van der Waals surface area (Å²) in [7, 11) is 0. The molecule has 3 N–H and O–H groups in total. The molecule has 0 saturated heterocycles. The third kappa shape index (κ3) is 3.14. The zero-order chi connectivity index (χ0) is 20.0. The number of fused-ring (bicyclic) bond motifs is 2. The number of nitrogens with one attached hydrogen (secondary N) is 3. The lowest BCUT2D eigenvalue weighted by Gasteiger charge is -2.03. The Morgan fingerprint density at radius 1 is 0.931 bits per heavy atom. The highest BCUT2D eigenvalue weighted by molar-refractivity contribution is 6.06. The first kappa shape index (κ1) is 17.2. The fourth-order valence-corrected chi connectivity index (χ4v) is 3.42. The van der Waals surface area contributed by atoms with E-state index in [0.29, 0.717) is 22.9 Å². The molecule has 29 heavy (non-hydrogen) atoms. The van der Waals surface area contributed by atoms with Crippen LogP contribution in [-0.2, 0) is 0 Å². The van der Waals surface area contributed by atoms with Gasteiger partial charge in [-0.15, -0.1) is 0 Å². The Morgan fingerprint density at radius 2 is 1.72 bits per heavy atom. The van der Waals surface area contributed by atoms with Crippen molar-refractivity contribution in [2.24, 2.45) is 0 Å². The number of hydrogen-bond donors (Lipinski definition) is 3. The van der Waals surface area contributed by atoms with Crippen LogP contribution in [0.25, 0.3) is 33.3 Å². The van der Waals surface area contributed by atoms with Crippen LogP contribution in [0.3, 0.4) is 0 Å². The van der Waals surface area contributed by atoms with Gasteiger partial charge in [0.05, 0.1) is 11.0 Å². The second kappa shape index (κ2) is 6.60. The molecule has 0 aliphatic carbocycles. The van der Waals surface area contributed by atoms with Crippen LogP contribution in [0.4, 0.5) is 5.82 Å². The SMILES string of the molecule is Cc1cc2nc(-c3cc(NC(=O)c4ccc5ccccc5c4)n[nH]3)[nH]c2cc1C. The molecular weight excluding hydrogens is 362 g/mol. The standard InChI is InChI=1S/C23H19N5O/c1-13-9-18-19(10-14(13)2)25-22(24-18)20-12-21(28-27-20)26-23(29)17-8-7-15-5-3-4-6-16(15)11-17/h3-12H,1-2H3,(H,24,25)(H2,26,27,28,29). The van der Waals surface area contributed by atoms with Crippen LogP contribution < -0.4 is 5.32 Å². The summed E-state index contributed by atoms with van der Waals surface area (Å²) in [5.41, 5.74) is 5.58. The van der Waals surface area contributed by atoms with Crippen molar-refractivity contribution in [1.82, 2.24) is 20.2 Å². The molecule has 6 heteroatoms. The molecule has 0 aliphatic heterocycles. The van der Waals surface area contributed by atoms with Gasteiger partial charge in [-0.2, -0.15) is 5.10 Å². The molecule has 0 spiro atoms. The Labute approximate surface area is 167 Å². The van der Waals surface area contributed by atoms with Gasteiger partial charge in [-0.25, -0.2) is 4.98 Å². The zero-order valence-corrected chi connectivity index (χ0v) is 16.1. The maximum Gasteiger partial charge on any atom is 0.256 e. The molecular formula is C23H19N5O. The molecule has 0 fully saturated rings. The van der Waals surface area contributed by atoms with Crippen LogP contribution in [0.1, 0.15) is 21.5 Å². The van der Waals surface area contributed by atoms with E-state index in [2.05, 4.69) is 51.5 Å². The van der Waals surface area contributed by atoms with Crippen molar-refractivity contribution in [3.05, 3.63) is 77.4 Å². The number of rotatable bonds is 3. The highest BCUT2D eigenvalue weighted by atomic mass is 16.1. The fourth-order valence-electron chi connectivity index (χ4n) is 3.42. The van der Waals surface area contributed by atoms with E-state index in [1.54, 1.807) is 6.07 Å². The monoisotopic (exact) mass is 381 g/mol. The minimum Gasteiger partial charge on any atom is -0.337 e.